The third-order valence-electron chi connectivity index (χ3n) is 7.15. The van der Waals surface area contributed by atoms with Gasteiger partial charge in [-0.3, -0.25) is 4.79 Å². The fourth-order valence-corrected chi connectivity index (χ4v) is 7.23. The molecule has 4 aliphatic carbocycles. The lowest BCUT2D eigenvalue weighted by atomic mass is 9.40. The molecule has 0 aromatic rings. The Kier molecular flexibility index (Phi) is 2.86. The summed E-state index contributed by atoms with van der Waals surface area (Å²) in [6, 6.07) is 0. The highest BCUT2D eigenvalue weighted by Crippen LogP contribution is 2.69. The Bertz CT molecular complexity index is 444. The van der Waals surface area contributed by atoms with E-state index >= 15 is 0 Å². The molecular formula is C19H31NO. The van der Waals surface area contributed by atoms with Crippen molar-refractivity contribution in [2.75, 3.05) is 13.1 Å². The molecule has 2 unspecified atom stereocenters. The van der Waals surface area contributed by atoms with E-state index in [1.54, 1.807) is 0 Å². The molecule has 118 valence electrons. The summed E-state index contributed by atoms with van der Waals surface area (Å²) in [5.74, 6) is 2.17. The Morgan fingerprint density at radius 3 is 2.05 bits per heavy atom. The Hall–Kier alpha value is -0.530. The molecule has 4 bridgehead atoms. The maximum Gasteiger partial charge on any atom is 0.228 e. The average molecular weight is 289 g/mol. The van der Waals surface area contributed by atoms with Crippen molar-refractivity contribution in [3.05, 3.63) is 0 Å². The van der Waals surface area contributed by atoms with Crippen LogP contribution in [0.25, 0.3) is 0 Å². The molecule has 1 amide bonds. The molecule has 2 atom stereocenters. The van der Waals surface area contributed by atoms with Crippen molar-refractivity contribution in [1.29, 1.82) is 0 Å². The molecule has 1 aliphatic heterocycles. The molecule has 0 aromatic carbocycles. The molecule has 4 saturated carbocycles. The van der Waals surface area contributed by atoms with E-state index in [1.807, 2.05) is 0 Å². The van der Waals surface area contributed by atoms with Crippen LogP contribution >= 0.6 is 0 Å². The summed E-state index contributed by atoms with van der Waals surface area (Å²) in [4.78, 5) is 15.6. The first-order valence-corrected chi connectivity index (χ1v) is 9.11. The number of carbonyl (C=O) groups is 1. The first-order valence-electron chi connectivity index (χ1n) is 9.11. The van der Waals surface area contributed by atoms with E-state index in [2.05, 4.69) is 25.7 Å². The topological polar surface area (TPSA) is 20.3 Å². The van der Waals surface area contributed by atoms with Crippen LogP contribution in [0.5, 0.6) is 0 Å². The normalized spacial score (nSPS) is 49.7. The van der Waals surface area contributed by atoms with Crippen LogP contribution in [0, 0.1) is 28.1 Å². The van der Waals surface area contributed by atoms with E-state index < -0.39 is 0 Å². The number of nitrogens with zero attached hydrogens (tertiary/aromatic N) is 1. The fraction of sp³-hybridized carbons (Fsp3) is 0.947. The van der Waals surface area contributed by atoms with Crippen LogP contribution in [0.3, 0.4) is 0 Å². The van der Waals surface area contributed by atoms with Gasteiger partial charge in [0.2, 0.25) is 5.91 Å². The van der Waals surface area contributed by atoms with Gasteiger partial charge in [0.15, 0.2) is 0 Å². The van der Waals surface area contributed by atoms with Crippen molar-refractivity contribution in [2.45, 2.75) is 72.1 Å². The summed E-state index contributed by atoms with van der Waals surface area (Å²) in [5, 5.41) is 0. The summed E-state index contributed by atoms with van der Waals surface area (Å²) >= 11 is 0. The first-order chi connectivity index (χ1) is 9.82. The SMILES string of the molecule is CC1CCN(C(=O)C23CC4CC(C)(CC(C)(C4)C2)C3)CC1. The summed E-state index contributed by atoms with van der Waals surface area (Å²) in [6.45, 7) is 9.29. The number of likely N-dealkylation sites (tertiary alicyclic amines) is 1. The smallest absolute Gasteiger partial charge is 0.228 e. The predicted molar refractivity (Wildman–Crippen MR) is 84.8 cm³/mol. The minimum Gasteiger partial charge on any atom is -0.342 e. The monoisotopic (exact) mass is 289 g/mol. The average Bonchev–Trinajstić information content (AvgIpc) is 2.34. The molecule has 5 fully saturated rings. The first kappa shape index (κ1) is 14.1. The molecule has 5 rings (SSSR count). The zero-order valence-electron chi connectivity index (χ0n) is 14.1. The molecule has 5 aliphatic rings. The lowest BCUT2D eigenvalue weighted by Crippen LogP contribution is -2.60. The molecule has 21 heavy (non-hydrogen) atoms. The lowest BCUT2D eigenvalue weighted by Gasteiger charge is -2.65. The molecular weight excluding hydrogens is 258 g/mol. The standard InChI is InChI=1S/C19H31NO/c1-14-4-6-20(7-5-14)16(21)19-10-15-8-17(2,12-19)11-18(3,9-15)13-19/h14-15H,4-13H2,1-3H3. The van der Waals surface area contributed by atoms with Crippen LogP contribution in [0.2, 0.25) is 0 Å². The maximum atomic E-state index is 13.4. The summed E-state index contributed by atoms with van der Waals surface area (Å²) in [5.41, 5.74) is 0.920. The van der Waals surface area contributed by atoms with Crippen molar-refractivity contribution in [1.82, 2.24) is 4.90 Å². The summed E-state index contributed by atoms with van der Waals surface area (Å²) in [6.07, 6.45) is 10.1. The highest BCUT2D eigenvalue weighted by Gasteiger charge is 2.63. The number of rotatable bonds is 1. The van der Waals surface area contributed by atoms with E-state index in [1.165, 1.54) is 51.4 Å². The zero-order valence-corrected chi connectivity index (χ0v) is 14.1. The van der Waals surface area contributed by atoms with Gasteiger partial charge in [0.05, 0.1) is 5.41 Å². The Labute approximate surface area is 129 Å². The van der Waals surface area contributed by atoms with Gasteiger partial charge in [-0.25, -0.2) is 0 Å². The van der Waals surface area contributed by atoms with E-state index in [0.717, 1.165) is 24.9 Å². The van der Waals surface area contributed by atoms with Crippen molar-refractivity contribution in [2.24, 2.45) is 28.1 Å². The molecule has 0 radical (unpaired) electrons. The molecule has 0 N–H and O–H groups in total. The van der Waals surface area contributed by atoms with Crippen LogP contribution in [0.4, 0.5) is 0 Å². The molecule has 2 nitrogen and oxygen atoms in total. The van der Waals surface area contributed by atoms with Crippen molar-refractivity contribution >= 4 is 5.91 Å². The van der Waals surface area contributed by atoms with E-state index in [9.17, 15) is 4.79 Å². The second kappa shape index (κ2) is 4.26. The minimum atomic E-state index is 0.0174. The van der Waals surface area contributed by atoms with E-state index in [4.69, 9.17) is 0 Å². The Morgan fingerprint density at radius 2 is 1.52 bits per heavy atom. The van der Waals surface area contributed by atoms with Gasteiger partial charge in [0.25, 0.3) is 0 Å². The van der Waals surface area contributed by atoms with Crippen molar-refractivity contribution < 1.29 is 4.79 Å². The Morgan fingerprint density at radius 1 is 0.952 bits per heavy atom. The van der Waals surface area contributed by atoms with E-state index in [0.29, 0.717) is 16.7 Å². The number of amides is 1. The number of carbonyl (C=O) groups excluding carboxylic acids is 1. The maximum absolute atomic E-state index is 13.4. The Balaban J connectivity index is 1.60. The van der Waals surface area contributed by atoms with Crippen LogP contribution in [-0.2, 0) is 4.79 Å². The molecule has 2 heteroatoms. The van der Waals surface area contributed by atoms with Gasteiger partial charge >= 0.3 is 0 Å². The van der Waals surface area contributed by atoms with Crippen LogP contribution < -0.4 is 0 Å². The second-order valence-corrected chi connectivity index (χ2v) is 9.89. The molecule has 0 spiro atoms. The van der Waals surface area contributed by atoms with E-state index in [-0.39, 0.29) is 5.41 Å². The van der Waals surface area contributed by atoms with Crippen LogP contribution in [0.1, 0.15) is 72.1 Å². The van der Waals surface area contributed by atoms with Gasteiger partial charge in [-0.05, 0) is 74.0 Å². The largest absolute Gasteiger partial charge is 0.342 e. The molecule has 1 heterocycles. The predicted octanol–water partition coefficient (Wildman–Crippen LogP) is 4.24. The van der Waals surface area contributed by atoms with Crippen LogP contribution in [-0.4, -0.2) is 23.9 Å². The van der Waals surface area contributed by atoms with Crippen molar-refractivity contribution in [3.8, 4) is 0 Å². The molecule has 1 saturated heterocycles. The van der Waals surface area contributed by atoms with Gasteiger partial charge in [-0.1, -0.05) is 20.8 Å². The van der Waals surface area contributed by atoms with Gasteiger partial charge in [-0.15, -0.1) is 0 Å². The lowest BCUT2D eigenvalue weighted by molar-refractivity contribution is -0.180. The van der Waals surface area contributed by atoms with Gasteiger partial charge in [-0.2, -0.15) is 0 Å². The van der Waals surface area contributed by atoms with Crippen LogP contribution in [0.15, 0.2) is 0 Å². The second-order valence-electron chi connectivity index (χ2n) is 9.89. The number of piperidine rings is 1. The highest BCUT2D eigenvalue weighted by molar-refractivity contribution is 5.83. The quantitative estimate of drug-likeness (QED) is 0.707. The summed E-state index contributed by atoms with van der Waals surface area (Å²) < 4.78 is 0. The third kappa shape index (κ3) is 2.16. The van der Waals surface area contributed by atoms with Crippen molar-refractivity contribution in [3.63, 3.8) is 0 Å². The highest BCUT2D eigenvalue weighted by atomic mass is 16.2. The third-order valence-corrected chi connectivity index (χ3v) is 7.15. The molecule has 0 aromatic heterocycles. The van der Waals surface area contributed by atoms with Gasteiger partial charge in [0.1, 0.15) is 0 Å². The fourth-order valence-electron chi connectivity index (χ4n) is 7.23. The number of hydrogen-bond acceptors (Lipinski definition) is 1. The van der Waals surface area contributed by atoms with Gasteiger partial charge < -0.3 is 4.90 Å². The zero-order chi connectivity index (χ0) is 14.9. The summed E-state index contributed by atoms with van der Waals surface area (Å²) in [7, 11) is 0. The van der Waals surface area contributed by atoms with Gasteiger partial charge in [0, 0.05) is 13.1 Å². The number of hydrogen-bond donors (Lipinski definition) is 0. The minimum absolute atomic E-state index is 0.0174.